The standard InChI is InChI=1S/C27H25ClFN7O/c1-30-35-25(27-31-10-11-36(27)2)18-6-8-23-21(13-18)26(33-16-32-23)34-20-7-9-24(22(28)14-20)37-15-17-4-3-5-19(29)12-17/h3-9,12-14,16,30H,10-11,15H2,1-2H3,(H,32,33,34). The molecule has 0 fully saturated rings. The summed E-state index contributed by atoms with van der Waals surface area (Å²) in [5, 5.41) is 9.08. The van der Waals surface area contributed by atoms with Crippen LogP contribution in [0.1, 0.15) is 11.1 Å². The molecule has 0 spiro atoms. The summed E-state index contributed by atoms with van der Waals surface area (Å²) in [6, 6.07) is 17.6. The van der Waals surface area contributed by atoms with Crippen molar-refractivity contribution in [2.45, 2.75) is 6.61 Å². The van der Waals surface area contributed by atoms with Crippen LogP contribution in [-0.2, 0) is 6.61 Å². The van der Waals surface area contributed by atoms with E-state index in [1.807, 2.05) is 31.3 Å². The second-order valence-electron chi connectivity index (χ2n) is 8.45. The van der Waals surface area contributed by atoms with Crippen molar-refractivity contribution in [3.63, 3.8) is 0 Å². The van der Waals surface area contributed by atoms with Crippen LogP contribution in [0.4, 0.5) is 15.9 Å². The minimum Gasteiger partial charge on any atom is -0.487 e. The highest BCUT2D eigenvalue weighted by Gasteiger charge is 2.21. The first kappa shape index (κ1) is 24.5. The van der Waals surface area contributed by atoms with E-state index in [0.717, 1.165) is 52.4 Å². The molecule has 0 saturated carbocycles. The molecule has 0 bridgehead atoms. The van der Waals surface area contributed by atoms with E-state index in [1.165, 1.54) is 18.5 Å². The maximum absolute atomic E-state index is 13.4. The fraction of sp³-hybridized carbons (Fsp3) is 0.185. The maximum atomic E-state index is 13.4. The van der Waals surface area contributed by atoms with Crippen molar-refractivity contribution >= 4 is 45.6 Å². The molecule has 4 aromatic rings. The van der Waals surface area contributed by atoms with Crippen LogP contribution in [0.15, 0.2) is 77.1 Å². The van der Waals surface area contributed by atoms with Gasteiger partial charge in [-0.25, -0.2) is 14.4 Å². The summed E-state index contributed by atoms with van der Waals surface area (Å²) in [6.07, 6.45) is 1.51. The Bertz CT molecular complexity index is 1510. The normalized spacial score (nSPS) is 13.6. The number of amidine groups is 1. The van der Waals surface area contributed by atoms with Crippen molar-refractivity contribution < 1.29 is 9.13 Å². The van der Waals surface area contributed by atoms with Crippen LogP contribution in [0.25, 0.3) is 10.9 Å². The lowest BCUT2D eigenvalue weighted by atomic mass is 10.1. The zero-order chi connectivity index (χ0) is 25.8. The molecule has 0 amide bonds. The van der Waals surface area contributed by atoms with Crippen molar-refractivity contribution in [1.29, 1.82) is 0 Å². The Morgan fingerprint density at radius 2 is 2.03 bits per heavy atom. The van der Waals surface area contributed by atoms with Gasteiger partial charge in [0.2, 0.25) is 0 Å². The molecule has 8 nitrogen and oxygen atoms in total. The SMILES string of the molecule is CNN=C(C1=NCCN1C)c1ccc2ncnc(Nc3ccc(OCc4cccc(F)c4)c(Cl)c3)c2c1. The summed E-state index contributed by atoms with van der Waals surface area (Å²) < 4.78 is 19.2. The summed E-state index contributed by atoms with van der Waals surface area (Å²) in [6.45, 7) is 1.80. The van der Waals surface area contributed by atoms with Gasteiger partial charge in [-0.15, -0.1) is 0 Å². The van der Waals surface area contributed by atoms with E-state index in [0.29, 0.717) is 16.6 Å². The van der Waals surface area contributed by atoms with Crippen molar-refractivity contribution in [3.8, 4) is 5.75 Å². The Balaban J connectivity index is 1.40. The number of hydrogen-bond acceptors (Lipinski definition) is 8. The quantitative estimate of drug-likeness (QED) is 0.252. The Morgan fingerprint density at radius 1 is 1.14 bits per heavy atom. The number of nitrogens with one attached hydrogen (secondary N) is 2. The van der Waals surface area contributed by atoms with Gasteiger partial charge in [0.25, 0.3) is 0 Å². The Hall–Kier alpha value is -4.24. The van der Waals surface area contributed by atoms with E-state index >= 15 is 0 Å². The molecule has 3 aromatic carbocycles. The summed E-state index contributed by atoms with van der Waals surface area (Å²) >= 11 is 6.49. The summed E-state index contributed by atoms with van der Waals surface area (Å²) in [4.78, 5) is 15.6. The first-order valence-electron chi connectivity index (χ1n) is 11.7. The summed E-state index contributed by atoms with van der Waals surface area (Å²) in [5.41, 5.74) is 6.78. The number of hydrogen-bond donors (Lipinski definition) is 2. The van der Waals surface area contributed by atoms with Crippen LogP contribution >= 0.6 is 11.6 Å². The maximum Gasteiger partial charge on any atom is 0.152 e. The van der Waals surface area contributed by atoms with E-state index in [1.54, 1.807) is 31.3 Å². The first-order valence-corrected chi connectivity index (χ1v) is 12.1. The largest absolute Gasteiger partial charge is 0.487 e. The van der Waals surface area contributed by atoms with E-state index in [2.05, 4.69) is 35.7 Å². The number of likely N-dealkylation sites (N-methyl/N-ethyl adjacent to an activating group) is 1. The lowest BCUT2D eigenvalue weighted by Gasteiger charge is -2.16. The average molecular weight is 518 g/mol. The Morgan fingerprint density at radius 3 is 2.78 bits per heavy atom. The molecule has 0 aliphatic carbocycles. The molecule has 0 atom stereocenters. The van der Waals surface area contributed by atoms with Crippen LogP contribution < -0.4 is 15.5 Å². The summed E-state index contributed by atoms with van der Waals surface area (Å²) in [7, 11) is 3.77. The third kappa shape index (κ3) is 5.46. The highest BCUT2D eigenvalue weighted by Crippen LogP contribution is 2.31. The van der Waals surface area contributed by atoms with E-state index in [4.69, 9.17) is 16.3 Å². The van der Waals surface area contributed by atoms with Crippen LogP contribution in [-0.4, -0.2) is 53.6 Å². The number of nitrogens with zero attached hydrogens (tertiary/aromatic N) is 5. The minimum absolute atomic E-state index is 0.209. The minimum atomic E-state index is -0.306. The molecule has 0 unspecified atom stereocenters. The molecule has 1 aliphatic rings. The van der Waals surface area contributed by atoms with Crippen molar-refractivity contribution in [2.24, 2.45) is 10.1 Å². The van der Waals surface area contributed by atoms with Gasteiger partial charge in [-0.05, 0) is 48.0 Å². The molecule has 0 radical (unpaired) electrons. The second kappa shape index (κ2) is 10.8. The lowest BCUT2D eigenvalue weighted by molar-refractivity contribution is 0.306. The third-order valence-corrected chi connectivity index (χ3v) is 6.18. The topological polar surface area (TPSA) is 87.0 Å². The molecular weight excluding hydrogens is 493 g/mol. The number of rotatable bonds is 8. The molecule has 1 aliphatic heterocycles. The number of aromatic nitrogens is 2. The molecule has 1 aromatic heterocycles. The molecular formula is C27H25ClFN7O. The number of hydrazone groups is 1. The predicted octanol–water partition coefficient (Wildman–Crippen LogP) is 5.01. The molecule has 2 N–H and O–H groups in total. The number of anilines is 2. The molecule has 0 saturated heterocycles. The van der Waals surface area contributed by atoms with Crippen LogP contribution in [0.3, 0.4) is 0 Å². The van der Waals surface area contributed by atoms with E-state index < -0.39 is 0 Å². The second-order valence-corrected chi connectivity index (χ2v) is 8.86. The molecule has 2 heterocycles. The smallest absolute Gasteiger partial charge is 0.152 e. The lowest BCUT2D eigenvalue weighted by Crippen LogP contribution is -2.31. The van der Waals surface area contributed by atoms with Gasteiger partial charge in [0, 0.05) is 37.3 Å². The predicted molar refractivity (Wildman–Crippen MR) is 146 cm³/mol. The van der Waals surface area contributed by atoms with Gasteiger partial charge >= 0.3 is 0 Å². The number of fused-ring (bicyclic) bond motifs is 1. The van der Waals surface area contributed by atoms with Gasteiger partial charge in [0.15, 0.2) is 5.84 Å². The summed E-state index contributed by atoms with van der Waals surface area (Å²) in [5.74, 6) is 1.66. The van der Waals surface area contributed by atoms with Gasteiger partial charge in [-0.1, -0.05) is 29.8 Å². The Labute approximate surface area is 218 Å². The monoisotopic (exact) mass is 517 g/mol. The van der Waals surface area contributed by atoms with Crippen molar-refractivity contribution in [2.75, 3.05) is 32.5 Å². The first-order chi connectivity index (χ1) is 18.0. The van der Waals surface area contributed by atoms with Gasteiger partial charge < -0.3 is 20.4 Å². The zero-order valence-corrected chi connectivity index (χ0v) is 21.1. The molecule has 188 valence electrons. The van der Waals surface area contributed by atoms with Crippen LogP contribution in [0.2, 0.25) is 5.02 Å². The van der Waals surface area contributed by atoms with Gasteiger partial charge in [0.05, 0.1) is 17.1 Å². The zero-order valence-electron chi connectivity index (χ0n) is 20.4. The highest BCUT2D eigenvalue weighted by atomic mass is 35.5. The molecule has 10 heteroatoms. The fourth-order valence-corrected chi connectivity index (χ4v) is 4.30. The number of aliphatic imine (C=N–C) groups is 1. The number of benzene rings is 3. The van der Waals surface area contributed by atoms with Crippen molar-refractivity contribution in [1.82, 2.24) is 20.3 Å². The van der Waals surface area contributed by atoms with Gasteiger partial charge in [-0.2, -0.15) is 5.10 Å². The van der Waals surface area contributed by atoms with E-state index in [-0.39, 0.29) is 12.4 Å². The van der Waals surface area contributed by atoms with Gasteiger partial charge in [-0.3, -0.25) is 4.99 Å². The molecule has 37 heavy (non-hydrogen) atoms. The number of ether oxygens (including phenoxy) is 1. The average Bonchev–Trinajstić information content (AvgIpc) is 3.32. The van der Waals surface area contributed by atoms with Crippen LogP contribution in [0, 0.1) is 5.82 Å². The van der Waals surface area contributed by atoms with Crippen LogP contribution in [0.5, 0.6) is 5.75 Å². The van der Waals surface area contributed by atoms with Gasteiger partial charge in [0.1, 0.15) is 36.0 Å². The van der Waals surface area contributed by atoms with E-state index in [9.17, 15) is 4.39 Å². The fourth-order valence-electron chi connectivity index (χ4n) is 4.07. The molecule has 5 rings (SSSR count). The third-order valence-electron chi connectivity index (χ3n) is 5.88. The van der Waals surface area contributed by atoms with Crippen molar-refractivity contribution in [3.05, 3.63) is 89.0 Å². The number of halogens is 2. The highest BCUT2D eigenvalue weighted by molar-refractivity contribution is 6.48. The Kier molecular flexibility index (Phi) is 7.14.